The molecule has 0 fully saturated rings. The fraction of sp³-hybridized carbons (Fsp3) is 0.273. The van der Waals surface area contributed by atoms with E-state index in [1.54, 1.807) is 0 Å². The molecule has 0 aliphatic carbocycles. The monoisotopic (exact) mass is 281 g/mol. The number of rotatable bonds is 7. The van der Waals surface area contributed by atoms with Crippen molar-refractivity contribution in [1.29, 1.82) is 0 Å². The van der Waals surface area contributed by atoms with Crippen molar-refractivity contribution in [3.63, 3.8) is 0 Å². The van der Waals surface area contributed by atoms with E-state index in [0.29, 0.717) is 18.1 Å². The van der Waals surface area contributed by atoms with E-state index in [9.17, 15) is 14.9 Å². The molecule has 0 spiro atoms. The van der Waals surface area contributed by atoms with Crippen LogP contribution in [0.25, 0.3) is 0 Å². The number of nitrogens with one attached hydrogen (secondary N) is 1. The SMILES string of the molecule is C#CCSCCNc1nc(C(=O)O)ccc1[N+](=O)[O-]. The van der Waals surface area contributed by atoms with Crippen molar-refractivity contribution >= 4 is 29.2 Å². The highest BCUT2D eigenvalue weighted by molar-refractivity contribution is 7.99. The topological polar surface area (TPSA) is 105 Å². The average Bonchev–Trinajstić information content (AvgIpc) is 2.38. The Bertz CT molecular complexity index is 527. The van der Waals surface area contributed by atoms with E-state index in [1.807, 2.05) is 0 Å². The molecule has 1 aromatic heterocycles. The van der Waals surface area contributed by atoms with Crippen LogP contribution in [0.2, 0.25) is 0 Å². The van der Waals surface area contributed by atoms with Gasteiger partial charge in [0.25, 0.3) is 0 Å². The number of hydrogen-bond donors (Lipinski definition) is 2. The molecule has 8 heteroatoms. The summed E-state index contributed by atoms with van der Waals surface area (Å²) in [7, 11) is 0. The van der Waals surface area contributed by atoms with Crippen LogP contribution in [0.5, 0.6) is 0 Å². The standard InChI is InChI=1S/C11H11N3O4S/c1-2-6-19-7-5-12-10-9(14(17)18)4-3-8(13-10)11(15)16/h1,3-4H,5-7H2,(H,12,13)(H,15,16). The molecule has 0 radical (unpaired) electrons. The van der Waals surface area contributed by atoms with Gasteiger partial charge in [-0.1, -0.05) is 5.92 Å². The van der Waals surface area contributed by atoms with Crippen molar-refractivity contribution in [3.05, 3.63) is 27.9 Å². The number of hydrogen-bond acceptors (Lipinski definition) is 6. The molecule has 0 unspecified atom stereocenters. The molecular weight excluding hydrogens is 270 g/mol. The third kappa shape index (κ3) is 4.48. The first-order valence-electron chi connectivity index (χ1n) is 5.20. The van der Waals surface area contributed by atoms with Crippen molar-refractivity contribution in [3.8, 4) is 12.3 Å². The van der Waals surface area contributed by atoms with Gasteiger partial charge in [-0.2, -0.15) is 0 Å². The Hall–Kier alpha value is -2.27. The van der Waals surface area contributed by atoms with Gasteiger partial charge in [0.2, 0.25) is 5.82 Å². The van der Waals surface area contributed by atoms with Crippen molar-refractivity contribution in [1.82, 2.24) is 4.98 Å². The predicted octanol–water partition coefficient (Wildman–Crippen LogP) is 1.47. The number of aromatic nitrogens is 1. The van der Waals surface area contributed by atoms with Crippen molar-refractivity contribution in [2.75, 3.05) is 23.4 Å². The van der Waals surface area contributed by atoms with Crippen LogP contribution in [-0.2, 0) is 0 Å². The lowest BCUT2D eigenvalue weighted by molar-refractivity contribution is -0.384. The summed E-state index contributed by atoms with van der Waals surface area (Å²) in [6.45, 7) is 0.406. The van der Waals surface area contributed by atoms with Gasteiger partial charge in [0.1, 0.15) is 0 Å². The largest absolute Gasteiger partial charge is 0.477 e. The maximum atomic E-state index is 10.8. The summed E-state index contributed by atoms with van der Waals surface area (Å²) in [4.78, 5) is 24.6. The molecule has 100 valence electrons. The van der Waals surface area contributed by atoms with Gasteiger partial charge in [0, 0.05) is 18.4 Å². The number of pyridine rings is 1. The van der Waals surface area contributed by atoms with Gasteiger partial charge in [-0.05, 0) is 6.07 Å². The van der Waals surface area contributed by atoms with Gasteiger partial charge in [0.15, 0.2) is 5.69 Å². The number of carbonyl (C=O) groups is 1. The van der Waals surface area contributed by atoms with Gasteiger partial charge < -0.3 is 10.4 Å². The lowest BCUT2D eigenvalue weighted by Crippen LogP contribution is -2.11. The second kappa shape index (κ2) is 7.23. The van der Waals surface area contributed by atoms with Crippen LogP contribution in [-0.4, -0.2) is 39.0 Å². The predicted molar refractivity (Wildman–Crippen MR) is 72.5 cm³/mol. The number of nitro groups is 1. The molecule has 0 atom stereocenters. The Morgan fingerprint density at radius 1 is 1.63 bits per heavy atom. The highest BCUT2D eigenvalue weighted by atomic mass is 32.2. The zero-order chi connectivity index (χ0) is 14.3. The van der Waals surface area contributed by atoms with E-state index in [2.05, 4.69) is 16.2 Å². The Kier molecular flexibility index (Phi) is 5.63. The molecular formula is C11H11N3O4S. The number of thioether (sulfide) groups is 1. The van der Waals surface area contributed by atoms with Crippen molar-refractivity contribution in [2.45, 2.75) is 0 Å². The molecule has 0 aliphatic heterocycles. The van der Waals surface area contributed by atoms with Gasteiger partial charge in [-0.15, -0.1) is 18.2 Å². The normalized spacial score (nSPS) is 9.63. The van der Waals surface area contributed by atoms with Crippen LogP contribution in [0.4, 0.5) is 11.5 Å². The highest BCUT2D eigenvalue weighted by Gasteiger charge is 2.17. The van der Waals surface area contributed by atoms with E-state index in [-0.39, 0.29) is 17.2 Å². The molecule has 1 heterocycles. The molecule has 1 rings (SSSR count). The first-order chi connectivity index (χ1) is 9.06. The molecule has 0 aromatic carbocycles. The molecule has 0 amide bonds. The Morgan fingerprint density at radius 2 is 2.37 bits per heavy atom. The van der Waals surface area contributed by atoms with Gasteiger partial charge in [-0.25, -0.2) is 9.78 Å². The zero-order valence-electron chi connectivity index (χ0n) is 9.83. The summed E-state index contributed by atoms with van der Waals surface area (Å²) >= 11 is 1.48. The van der Waals surface area contributed by atoms with Gasteiger partial charge in [0.05, 0.1) is 10.7 Å². The Balaban J connectivity index is 2.78. The minimum absolute atomic E-state index is 0.0498. The van der Waals surface area contributed by atoms with Crippen LogP contribution < -0.4 is 5.32 Å². The van der Waals surface area contributed by atoms with Gasteiger partial charge in [-0.3, -0.25) is 10.1 Å². The highest BCUT2D eigenvalue weighted by Crippen LogP contribution is 2.22. The first-order valence-corrected chi connectivity index (χ1v) is 6.35. The maximum absolute atomic E-state index is 10.8. The van der Waals surface area contributed by atoms with E-state index in [4.69, 9.17) is 11.5 Å². The fourth-order valence-corrected chi connectivity index (χ4v) is 1.73. The summed E-state index contributed by atoms with van der Waals surface area (Å²) in [6, 6.07) is 2.21. The Morgan fingerprint density at radius 3 is 2.95 bits per heavy atom. The summed E-state index contributed by atoms with van der Waals surface area (Å²) in [5.41, 5.74) is -0.503. The van der Waals surface area contributed by atoms with Crippen LogP contribution in [0.15, 0.2) is 12.1 Å². The smallest absolute Gasteiger partial charge is 0.354 e. The third-order valence-corrected chi connectivity index (χ3v) is 2.88. The van der Waals surface area contributed by atoms with Gasteiger partial charge >= 0.3 is 11.7 Å². The number of nitrogens with zero attached hydrogens (tertiary/aromatic N) is 2. The van der Waals surface area contributed by atoms with Crippen LogP contribution in [0.3, 0.4) is 0 Å². The summed E-state index contributed by atoms with van der Waals surface area (Å²) in [6.07, 6.45) is 5.08. The molecule has 2 N–H and O–H groups in total. The number of carboxylic acid groups (broad SMARTS) is 1. The van der Waals surface area contributed by atoms with E-state index in [0.717, 1.165) is 12.1 Å². The van der Waals surface area contributed by atoms with E-state index >= 15 is 0 Å². The minimum atomic E-state index is -1.24. The first kappa shape index (κ1) is 14.8. The van der Waals surface area contributed by atoms with Crippen LogP contribution in [0.1, 0.15) is 10.5 Å². The molecule has 19 heavy (non-hydrogen) atoms. The second-order valence-corrected chi connectivity index (χ2v) is 4.42. The fourth-order valence-electron chi connectivity index (χ4n) is 1.22. The lowest BCUT2D eigenvalue weighted by atomic mass is 10.3. The molecule has 1 aromatic rings. The molecule has 0 saturated carbocycles. The lowest BCUT2D eigenvalue weighted by Gasteiger charge is -2.06. The summed E-state index contributed by atoms with van der Waals surface area (Å²) < 4.78 is 0. The minimum Gasteiger partial charge on any atom is -0.477 e. The van der Waals surface area contributed by atoms with E-state index in [1.165, 1.54) is 11.8 Å². The quantitative estimate of drug-likeness (QED) is 0.337. The van der Waals surface area contributed by atoms with E-state index < -0.39 is 10.9 Å². The van der Waals surface area contributed by atoms with Crippen molar-refractivity contribution < 1.29 is 14.8 Å². The zero-order valence-corrected chi connectivity index (χ0v) is 10.6. The summed E-state index contributed by atoms with van der Waals surface area (Å²) in [5, 5.41) is 22.3. The Labute approximate surface area is 113 Å². The number of carboxylic acids is 1. The number of aromatic carboxylic acids is 1. The molecule has 0 saturated heterocycles. The van der Waals surface area contributed by atoms with Crippen molar-refractivity contribution in [2.24, 2.45) is 0 Å². The number of anilines is 1. The molecule has 0 bridgehead atoms. The van der Waals surface area contributed by atoms with Crippen LogP contribution in [0, 0.1) is 22.5 Å². The molecule has 0 aliphatic rings. The third-order valence-electron chi connectivity index (χ3n) is 2.01. The molecule has 7 nitrogen and oxygen atoms in total. The average molecular weight is 281 g/mol. The number of terminal acetylenes is 1. The second-order valence-electron chi connectivity index (χ2n) is 3.31. The summed E-state index contributed by atoms with van der Waals surface area (Å²) in [5.74, 6) is 2.35. The van der Waals surface area contributed by atoms with Crippen LogP contribution >= 0.6 is 11.8 Å². The maximum Gasteiger partial charge on any atom is 0.354 e.